The summed E-state index contributed by atoms with van der Waals surface area (Å²) in [4.78, 5) is 21.1. The van der Waals surface area contributed by atoms with Crippen LogP contribution in [0.2, 0.25) is 0 Å². The number of ether oxygens (including phenoxy) is 1. The third-order valence-corrected chi connectivity index (χ3v) is 4.93. The highest BCUT2D eigenvalue weighted by molar-refractivity contribution is 5.95. The maximum atomic E-state index is 12.5. The first-order chi connectivity index (χ1) is 14.2. The number of nitrogens with one attached hydrogen (secondary N) is 2. The van der Waals surface area contributed by atoms with Crippen LogP contribution in [-0.2, 0) is 4.74 Å². The Morgan fingerprint density at radius 2 is 2.00 bits per heavy atom. The number of hydrogen-bond acceptors (Lipinski definition) is 5. The molecule has 0 saturated carbocycles. The molecule has 148 valence electrons. The van der Waals surface area contributed by atoms with E-state index in [1.807, 2.05) is 36.4 Å². The van der Waals surface area contributed by atoms with E-state index in [0.29, 0.717) is 17.9 Å². The summed E-state index contributed by atoms with van der Waals surface area (Å²) in [5, 5.41) is 6.21. The van der Waals surface area contributed by atoms with Crippen molar-refractivity contribution in [2.45, 2.75) is 25.9 Å². The number of benzene rings is 2. The summed E-state index contributed by atoms with van der Waals surface area (Å²) in [6.07, 6.45) is 3.72. The van der Waals surface area contributed by atoms with Crippen molar-refractivity contribution in [1.82, 2.24) is 15.3 Å². The monoisotopic (exact) mass is 388 g/mol. The fourth-order valence-corrected chi connectivity index (χ4v) is 3.31. The van der Waals surface area contributed by atoms with E-state index >= 15 is 0 Å². The normalized spacial score (nSPS) is 15.8. The van der Waals surface area contributed by atoms with Gasteiger partial charge in [-0.2, -0.15) is 0 Å². The van der Waals surface area contributed by atoms with E-state index in [1.54, 1.807) is 6.07 Å². The Bertz CT molecular complexity index is 982. The van der Waals surface area contributed by atoms with Crippen LogP contribution in [0.25, 0.3) is 11.3 Å². The first kappa shape index (κ1) is 19.1. The van der Waals surface area contributed by atoms with Gasteiger partial charge in [-0.25, -0.2) is 9.97 Å². The zero-order chi connectivity index (χ0) is 20.1. The van der Waals surface area contributed by atoms with Crippen LogP contribution >= 0.6 is 0 Å². The van der Waals surface area contributed by atoms with Crippen LogP contribution in [0.3, 0.4) is 0 Å². The molecule has 2 heterocycles. The molecule has 1 atom stereocenters. The van der Waals surface area contributed by atoms with E-state index in [1.165, 1.54) is 11.9 Å². The molecule has 4 rings (SSSR count). The summed E-state index contributed by atoms with van der Waals surface area (Å²) < 4.78 is 5.55. The maximum Gasteiger partial charge on any atom is 0.251 e. The van der Waals surface area contributed by atoms with Gasteiger partial charge >= 0.3 is 0 Å². The van der Waals surface area contributed by atoms with Crippen LogP contribution < -0.4 is 10.6 Å². The van der Waals surface area contributed by atoms with Gasteiger partial charge in [-0.05, 0) is 38.0 Å². The summed E-state index contributed by atoms with van der Waals surface area (Å²) in [5.74, 6) is 0.569. The van der Waals surface area contributed by atoms with Gasteiger partial charge in [0.05, 0.1) is 11.8 Å². The number of carbonyl (C=O) groups excluding carboxylic acids is 1. The lowest BCUT2D eigenvalue weighted by Gasteiger charge is -2.12. The molecule has 2 N–H and O–H groups in total. The van der Waals surface area contributed by atoms with Gasteiger partial charge in [0, 0.05) is 36.0 Å². The predicted octanol–water partition coefficient (Wildman–Crippen LogP) is 4.10. The van der Waals surface area contributed by atoms with Crippen LogP contribution in [0, 0.1) is 6.92 Å². The molecular formula is C23H24N4O2. The molecule has 0 radical (unpaired) electrons. The van der Waals surface area contributed by atoms with Gasteiger partial charge in [-0.1, -0.05) is 35.9 Å². The average Bonchev–Trinajstić information content (AvgIpc) is 3.27. The largest absolute Gasteiger partial charge is 0.376 e. The van der Waals surface area contributed by atoms with Crippen molar-refractivity contribution in [3.8, 4) is 11.3 Å². The molecule has 2 aromatic carbocycles. The molecule has 0 spiro atoms. The number of anilines is 2. The van der Waals surface area contributed by atoms with Crippen LogP contribution in [0.5, 0.6) is 0 Å². The molecule has 6 nitrogen and oxygen atoms in total. The van der Waals surface area contributed by atoms with Crippen molar-refractivity contribution in [3.05, 3.63) is 72.1 Å². The Kier molecular flexibility index (Phi) is 5.81. The topological polar surface area (TPSA) is 76.1 Å². The lowest BCUT2D eigenvalue weighted by Crippen LogP contribution is -2.31. The van der Waals surface area contributed by atoms with Crippen LogP contribution in [0.1, 0.15) is 28.8 Å². The fraction of sp³-hybridized carbons (Fsp3) is 0.261. The Hall–Kier alpha value is -3.25. The number of hydrogen-bond donors (Lipinski definition) is 2. The van der Waals surface area contributed by atoms with E-state index in [2.05, 4.69) is 39.7 Å². The van der Waals surface area contributed by atoms with Crippen LogP contribution in [-0.4, -0.2) is 35.1 Å². The third kappa shape index (κ3) is 4.97. The summed E-state index contributed by atoms with van der Waals surface area (Å²) in [6, 6.07) is 17.5. The second kappa shape index (κ2) is 8.84. The molecule has 1 unspecified atom stereocenters. The maximum absolute atomic E-state index is 12.5. The van der Waals surface area contributed by atoms with E-state index in [-0.39, 0.29) is 12.0 Å². The minimum atomic E-state index is -0.104. The van der Waals surface area contributed by atoms with Gasteiger partial charge in [0.1, 0.15) is 12.1 Å². The van der Waals surface area contributed by atoms with Gasteiger partial charge in [-0.3, -0.25) is 4.79 Å². The summed E-state index contributed by atoms with van der Waals surface area (Å²) in [6.45, 7) is 3.38. The third-order valence-electron chi connectivity index (χ3n) is 4.93. The Labute approximate surface area is 170 Å². The highest BCUT2D eigenvalue weighted by Gasteiger charge is 2.16. The molecule has 1 aliphatic rings. The van der Waals surface area contributed by atoms with Crippen molar-refractivity contribution < 1.29 is 9.53 Å². The molecule has 1 aromatic heterocycles. The highest BCUT2D eigenvalue weighted by Crippen LogP contribution is 2.22. The molecule has 1 fully saturated rings. The average molecular weight is 388 g/mol. The molecular weight excluding hydrogens is 364 g/mol. The number of aromatic nitrogens is 2. The van der Waals surface area contributed by atoms with E-state index in [0.717, 1.165) is 36.4 Å². The Morgan fingerprint density at radius 1 is 1.14 bits per heavy atom. The number of rotatable bonds is 6. The summed E-state index contributed by atoms with van der Waals surface area (Å²) in [5.41, 5.74) is 4.47. The van der Waals surface area contributed by atoms with Crippen molar-refractivity contribution in [2.24, 2.45) is 0 Å². The molecule has 0 bridgehead atoms. The summed E-state index contributed by atoms with van der Waals surface area (Å²) >= 11 is 0. The van der Waals surface area contributed by atoms with Gasteiger partial charge in [0.15, 0.2) is 0 Å². The van der Waals surface area contributed by atoms with Gasteiger partial charge in [0.25, 0.3) is 5.91 Å². The first-order valence-corrected chi connectivity index (χ1v) is 9.83. The van der Waals surface area contributed by atoms with Gasteiger partial charge in [0.2, 0.25) is 0 Å². The molecule has 1 aliphatic heterocycles. The summed E-state index contributed by atoms with van der Waals surface area (Å²) in [7, 11) is 0. The number of amides is 1. The van der Waals surface area contributed by atoms with E-state index in [4.69, 9.17) is 4.74 Å². The minimum Gasteiger partial charge on any atom is -0.376 e. The SMILES string of the molecule is Cc1ccc(-c2cc(Nc3cccc(C(=O)NCC4CCCO4)c3)ncn2)cc1. The second-order valence-electron chi connectivity index (χ2n) is 7.21. The molecule has 3 aromatic rings. The van der Waals surface area contributed by atoms with Crippen molar-refractivity contribution >= 4 is 17.4 Å². The van der Waals surface area contributed by atoms with Gasteiger partial charge in [-0.15, -0.1) is 0 Å². The van der Waals surface area contributed by atoms with Crippen LogP contribution in [0.15, 0.2) is 60.9 Å². The number of aryl methyl sites for hydroxylation is 1. The smallest absolute Gasteiger partial charge is 0.251 e. The van der Waals surface area contributed by atoms with Crippen molar-refractivity contribution in [1.29, 1.82) is 0 Å². The molecule has 1 saturated heterocycles. The highest BCUT2D eigenvalue weighted by atomic mass is 16.5. The fourth-order valence-electron chi connectivity index (χ4n) is 3.31. The lowest BCUT2D eigenvalue weighted by molar-refractivity contribution is 0.0858. The molecule has 1 amide bonds. The Balaban J connectivity index is 1.44. The quantitative estimate of drug-likeness (QED) is 0.665. The van der Waals surface area contributed by atoms with Gasteiger partial charge < -0.3 is 15.4 Å². The minimum absolute atomic E-state index is 0.104. The Morgan fingerprint density at radius 3 is 2.79 bits per heavy atom. The zero-order valence-corrected chi connectivity index (χ0v) is 16.4. The number of nitrogens with zero attached hydrogens (tertiary/aromatic N) is 2. The molecule has 6 heteroatoms. The molecule has 0 aliphatic carbocycles. The van der Waals surface area contributed by atoms with E-state index < -0.39 is 0 Å². The number of carbonyl (C=O) groups is 1. The molecule has 29 heavy (non-hydrogen) atoms. The van der Waals surface area contributed by atoms with E-state index in [9.17, 15) is 4.79 Å². The van der Waals surface area contributed by atoms with Crippen LogP contribution in [0.4, 0.5) is 11.5 Å². The second-order valence-corrected chi connectivity index (χ2v) is 7.21. The predicted molar refractivity (Wildman–Crippen MR) is 113 cm³/mol. The van der Waals surface area contributed by atoms with Crippen molar-refractivity contribution in [2.75, 3.05) is 18.5 Å². The standard InChI is InChI=1S/C23H24N4O2/c1-16-7-9-17(10-8-16)21-13-22(26-15-25-21)27-19-5-2-4-18(12-19)23(28)24-14-20-6-3-11-29-20/h2,4-5,7-10,12-13,15,20H,3,6,11,14H2,1H3,(H,24,28)(H,25,26,27). The first-order valence-electron chi connectivity index (χ1n) is 9.83. The zero-order valence-electron chi connectivity index (χ0n) is 16.4. The van der Waals surface area contributed by atoms with Crippen molar-refractivity contribution in [3.63, 3.8) is 0 Å². The lowest BCUT2D eigenvalue weighted by atomic mass is 10.1.